The molecule has 0 aliphatic carbocycles. The first-order chi connectivity index (χ1) is 7.63. The molecule has 4 N–H and O–H groups in total. The molecule has 0 saturated carbocycles. The van der Waals surface area contributed by atoms with E-state index in [2.05, 4.69) is 10.6 Å². The molecule has 0 unspecified atom stereocenters. The van der Waals surface area contributed by atoms with E-state index in [1.54, 1.807) is 0 Å². The molecule has 1 heterocycles. The number of carboxylic acids is 1. The van der Waals surface area contributed by atoms with E-state index in [0.717, 1.165) is 26.2 Å². The molecule has 7 nitrogen and oxygen atoms in total. The third-order valence-electron chi connectivity index (χ3n) is 2.39. The van der Waals surface area contributed by atoms with Crippen LogP contribution >= 0.6 is 0 Å². The molecule has 0 bridgehead atoms. The Kier molecular flexibility index (Phi) is 5.17. The van der Waals surface area contributed by atoms with E-state index < -0.39 is 18.6 Å². The van der Waals surface area contributed by atoms with Crippen LogP contribution in [0.15, 0.2) is 0 Å². The number of nitrogens with one attached hydrogen (secondary N) is 2. The number of amides is 1. The minimum Gasteiger partial charge on any atom is -0.480 e. The van der Waals surface area contributed by atoms with Gasteiger partial charge in [-0.05, 0) is 0 Å². The summed E-state index contributed by atoms with van der Waals surface area (Å²) in [7, 11) is 0. The molecule has 1 aliphatic rings. The normalized spacial score (nSPS) is 19.1. The third kappa shape index (κ3) is 4.13. The number of rotatable bonds is 5. The number of carboxylic acid groups (broad SMARTS) is 1. The average molecular weight is 231 g/mol. The van der Waals surface area contributed by atoms with Gasteiger partial charge < -0.3 is 20.8 Å². The zero-order chi connectivity index (χ0) is 12.0. The summed E-state index contributed by atoms with van der Waals surface area (Å²) in [6.07, 6.45) is 0. The number of hydrogen-bond donors (Lipinski definition) is 4. The standard InChI is InChI=1S/C9H17N3O4/c13-6-7(9(15)16)11-8(14)5-12-3-1-10-2-4-12/h7,10,13H,1-6H2,(H,11,14)(H,15,16)/t7-/m0/s1. The van der Waals surface area contributed by atoms with Crippen LogP contribution in [0.2, 0.25) is 0 Å². The van der Waals surface area contributed by atoms with Gasteiger partial charge in [0.15, 0.2) is 0 Å². The highest BCUT2D eigenvalue weighted by Gasteiger charge is 2.20. The van der Waals surface area contributed by atoms with Crippen molar-refractivity contribution in [2.75, 3.05) is 39.3 Å². The van der Waals surface area contributed by atoms with Crippen molar-refractivity contribution in [1.82, 2.24) is 15.5 Å². The van der Waals surface area contributed by atoms with Gasteiger partial charge in [-0.3, -0.25) is 9.69 Å². The second-order valence-electron chi connectivity index (χ2n) is 3.67. The number of piperazine rings is 1. The summed E-state index contributed by atoms with van der Waals surface area (Å²) in [6.45, 7) is 2.77. The van der Waals surface area contributed by atoms with Gasteiger partial charge in [-0.15, -0.1) is 0 Å². The minimum atomic E-state index is -1.23. The molecule has 1 fully saturated rings. The first-order valence-electron chi connectivity index (χ1n) is 5.19. The Hall–Kier alpha value is -1.18. The highest BCUT2D eigenvalue weighted by molar-refractivity contribution is 5.84. The second-order valence-corrected chi connectivity index (χ2v) is 3.67. The first-order valence-corrected chi connectivity index (χ1v) is 5.19. The molecule has 0 aromatic carbocycles. The zero-order valence-electron chi connectivity index (χ0n) is 8.98. The summed E-state index contributed by atoms with van der Waals surface area (Å²) < 4.78 is 0. The van der Waals surface area contributed by atoms with Crippen LogP contribution in [0.3, 0.4) is 0 Å². The smallest absolute Gasteiger partial charge is 0.328 e. The summed E-state index contributed by atoms with van der Waals surface area (Å²) in [5.74, 6) is -1.60. The van der Waals surface area contributed by atoms with Gasteiger partial charge in [-0.25, -0.2) is 4.79 Å². The van der Waals surface area contributed by atoms with Crippen molar-refractivity contribution in [2.45, 2.75) is 6.04 Å². The molecular weight excluding hydrogens is 214 g/mol. The fraction of sp³-hybridized carbons (Fsp3) is 0.778. The van der Waals surface area contributed by atoms with Gasteiger partial charge in [0.25, 0.3) is 0 Å². The topological polar surface area (TPSA) is 102 Å². The van der Waals surface area contributed by atoms with Crippen LogP contribution in [0.25, 0.3) is 0 Å². The van der Waals surface area contributed by atoms with Gasteiger partial charge in [-0.1, -0.05) is 0 Å². The number of carbonyl (C=O) groups excluding carboxylic acids is 1. The van der Waals surface area contributed by atoms with Crippen LogP contribution in [0.4, 0.5) is 0 Å². The second kappa shape index (κ2) is 6.41. The van der Waals surface area contributed by atoms with Crippen LogP contribution in [-0.2, 0) is 9.59 Å². The summed E-state index contributed by atoms with van der Waals surface area (Å²) in [6, 6.07) is -1.21. The van der Waals surface area contributed by atoms with Gasteiger partial charge in [0.1, 0.15) is 6.04 Å². The molecule has 92 valence electrons. The first kappa shape index (κ1) is 12.9. The van der Waals surface area contributed by atoms with E-state index in [1.165, 1.54) is 0 Å². The molecule has 0 radical (unpaired) electrons. The lowest BCUT2D eigenvalue weighted by Crippen LogP contribution is -2.51. The fourth-order valence-electron chi connectivity index (χ4n) is 1.50. The molecule has 7 heteroatoms. The maximum atomic E-state index is 11.4. The SMILES string of the molecule is O=C(CN1CCNCC1)N[C@@H](CO)C(=O)O. The number of carbonyl (C=O) groups is 2. The van der Waals surface area contributed by atoms with Gasteiger partial charge in [0, 0.05) is 26.2 Å². The fourth-order valence-corrected chi connectivity index (χ4v) is 1.50. The number of aliphatic hydroxyl groups excluding tert-OH is 1. The van der Waals surface area contributed by atoms with Gasteiger partial charge in [-0.2, -0.15) is 0 Å². The Labute approximate surface area is 93.4 Å². The van der Waals surface area contributed by atoms with E-state index >= 15 is 0 Å². The van der Waals surface area contributed by atoms with Crippen molar-refractivity contribution in [3.63, 3.8) is 0 Å². The lowest BCUT2D eigenvalue weighted by Gasteiger charge is -2.26. The maximum absolute atomic E-state index is 11.4. The quantitative estimate of drug-likeness (QED) is 0.415. The third-order valence-corrected chi connectivity index (χ3v) is 2.39. The number of aliphatic hydroxyl groups is 1. The predicted octanol–water partition coefficient (Wildman–Crippen LogP) is -2.55. The van der Waals surface area contributed by atoms with Crippen molar-refractivity contribution in [2.24, 2.45) is 0 Å². The molecular formula is C9H17N3O4. The summed E-state index contributed by atoms with van der Waals surface area (Å²) >= 11 is 0. The largest absolute Gasteiger partial charge is 0.480 e. The van der Waals surface area contributed by atoms with E-state index in [-0.39, 0.29) is 12.5 Å². The van der Waals surface area contributed by atoms with Crippen LogP contribution in [0.1, 0.15) is 0 Å². The van der Waals surface area contributed by atoms with Crippen molar-refractivity contribution in [3.05, 3.63) is 0 Å². The van der Waals surface area contributed by atoms with Gasteiger partial charge in [0.05, 0.1) is 13.2 Å². The van der Waals surface area contributed by atoms with Crippen LogP contribution in [0.5, 0.6) is 0 Å². The molecule has 1 rings (SSSR count). The lowest BCUT2D eigenvalue weighted by molar-refractivity contribution is -0.143. The molecule has 1 amide bonds. The van der Waals surface area contributed by atoms with Crippen molar-refractivity contribution in [3.8, 4) is 0 Å². The predicted molar refractivity (Wildman–Crippen MR) is 56.0 cm³/mol. The Morgan fingerprint density at radius 1 is 1.38 bits per heavy atom. The summed E-state index contributed by atoms with van der Waals surface area (Å²) in [5.41, 5.74) is 0. The molecule has 1 saturated heterocycles. The van der Waals surface area contributed by atoms with Crippen LogP contribution in [-0.4, -0.2) is 72.4 Å². The molecule has 1 aliphatic heterocycles. The molecule has 16 heavy (non-hydrogen) atoms. The molecule has 0 aromatic heterocycles. The van der Waals surface area contributed by atoms with Crippen molar-refractivity contribution < 1.29 is 19.8 Å². The van der Waals surface area contributed by atoms with E-state index in [1.807, 2.05) is 4.90 Å². The highest BCUT2D eigenvalue weighted by atomic mass is 16.4. The van der Waals surface area contributed by atoms with E-state index in [9.17, 15) is 9.59 Å². The van der Waals surface area contributed by atoms with Gasteiger partial charge >= 0.3 is 5.97 Å². The zero-order valence-corrected chi connectivity index (χ0v) is 8.98. The monoisotopic (exact) mass is 231 g/mol. The van der Waals surface area contributed by atoms with Gasteiger partial charge in [0.2, 0.25) is 5.91 Å². The van der Waals surface area contributed by atoms with Crippen molar-refractivity contribution >= 4 is 11.9 Å². The maximum Gasteiger partial charge on any atom is 0.328 e. The Morgan fingerprint density at radius 3 is 2.50 bits per heavy atom. The molecule has 0 aromatic rings. The van der Waals surface area contributed by atoms with Crippen LogP contribution in [0, 0.1) is 0 Å². The average Bonchev–Trinajstić information content (AvgIpc) is 2.27. The molecule has 1 atom stereocenters. The van der Waals surface area contributed by atoms with E-state index in [0.29, 0.717) is 0 Å². The Balaban J connectivity index is 2.31. The highest BCUT2D eigenvalue weighted by Crippen LogP contribution is 1.92. The number of nitrogens with zero attached hydrogens (tertiary/aromatic N) is 1. The minimum absolute atomic E-state index is 0.172. The Bertz CT molecular complexity index is 253. The molecule has 0 spiro atoms. The van der Waals surface area contributed by atoms with Crippen LogP contribution < -0.4 is 10.6 Å². The summed E-state index contributed by atoms with van der Waals surface area (Å²) in [5, 5.41) is 22.8. The van der Waals surface area contributed by atoms with Crippen molar-refractivity contribution in [1.29, 1.82) is 0 Å². The Morgan fingerprint density at radius 2 is 2.00 bits per heavy atom. The number of hydrogen-bond acceptors (Lipinski definition) is 5. The summed E-state index contributed by atoms with van der Waals surface area (Å²) in [4.78, 5) is 23.9. The lowest BCUT2D eigenvalue weighted by atomic mass is 10.3. The van der Waals surface area contributed by atoms with E-state index in [4.69, 9.17) is 10.2 Å². The number of aliphatic carboxylic acids is 1.